The highest BCUT2D eigenvalue weighted by molar-refractivity contribution is 5.54. The van der Waals surface area contributed by atoms with Gasteiger partial charge in [-0.25, -0.2) is 0 Å². The quantitative estimate of drug-likeness (QED) is 0.591. The Hall–Kier alpha value is -2.06. The molecule has 0 saturated heterocycles. The van der Waals surface area contributed by atoms with E-state index in [0.29, 0.717) is 0 Å². The van der Waals surface area contributed by atoms with E-state index in [9.17, 15) is 20.2 Å². The maximum Gasteiger partial charge on any atom is 0.279 e. The van der Waals surface area contributed by atoms with Gasteiger partial charge in [-0.3, -0.25) is 20.2 Å². The van der Waals surface area contributed by atoms with Crippen molar-refractivity contribution in [2.75, 3.05) is 6.61 Å². The van der Waals surface area contributed by atoms with Crippen LogP contribution in [0.5, 0.6) is 0 Å². The monoisotopic (exact) mass is 241 g/mol. The van der Waals surface area contributed by atoms with E-state index in [1.165, 1.54) is 6.92 Å². The van der Waals surface area contributed by atoms with Gasteiger partial charge in [0.2, 0.25) is 0 Å². The zero-order valence-electron chi connectivity index (χ0n) is 8.99. The average Bonchev–Trinajstić information content (AvgIpc) is 2.27. The Kier molecular flexibility index (Phi) is 3.71. The number of hydrogen-bond acceptors (Lipinski definition) is 6. The Balaban J connectivity index is 3.48. The van der Waals surface area contributed by atoms with E-state index in [-0.39, 0.29) is 16.8 Å². The van der Waals surface area contributed by atoms with Crippen molar-refractivity contribution < 1.29 is 15.0 Å². The molecule has 0 aromatic heterocycles. The van der Waals surface area contributed by atoms with Crippen LogP contribution in [-0.2, 0) is 0 Å². The first kappa shape index (κ1) is 13.0. The lowest BCUT2D eigenvalue weighted by molar-refractivity contribution is -0.394. The minimum absolute atomic E-state index is 0.202. The molecule has 8 nitrogen and oxygen atoms in total. The predicted octanol–water partition coefficient (Wildman–Crippen LogP) is 0.804. The number of aliphatic hydroxyl groups excluding tert-OH is 1. The first-order valence-corrected chi connectivity index (χ1v) is 4.68. The van der Waals surface area contributed by atoms with E-state index in [1.54, 1.807) is 0 Å². The van der Waals surface area contributed by atoms with E-state index in [1.807, 2.05) is 0 Å². The van der Waals surface area contributed by atoms with Crippen molar-refractivity contribution in [3.8, 4) is 0 Å². The Morgan fingerprint density at radius 1 is 1.35 bits per heavy atom. The minimum atomic E-state index is -0.881. The van der Waals surface area contributed by atoms with Crippen molar-refractivity contribution in [3.63, 3.8) is 0 Å². The topological polar surface area (TPSA) is 133 Å². The number of nitrogens with zero attached hydrogens (tertiary/aromatic N) is 2. The van der Waals surface area contributed by atoms with Crippen molar-refractivity contribution in [3.05, 3.63) is 43.5 Å². The van der Waals surface area contributed by atoms with Crippen LogP contribution in [0.3, 0.4) is 0 Å². The smallest absolute Gasteiger partial charge is 0.279 e. The Morgan fingerprint density at radius 3 is 2.35 bits per heavy atom. The summed E-state index contributed by atoms with van der Waals surface area (Å²) in [6.45, 7) is 0.992. The van der Waals surface area contributed by atoms with Gasteiger partial charge < -0.3 is 10.8 Å². The number of nitrogens with two attached hydrogens (primary N) is 1. The van der Waals surface area contributed by atoms with E-state index in [2.05, 4.69) is 0 Å². The number of rotatable bonds is 4. The molecule has 3 N–H and O–H groups in total. The molecule has 0 aliphatic carbocycles. The highest BCUT2D eigenvalue weighted by Gasteiger charge is 2.23. The summed E-state index contributed by atoms with van der Waals surface area (Å²) in [5.41, 5.74) is 5.17. The maximum atomic E-state index is 10.7. The van der Waals surface area contributed by atoms with E-state index >= 15 is 0 Å². The molecule has 8 heteroatoms. The van der Waals surface area contributed by atoms with Crippen LogP contribution >= 0.6 is 0 Å². The molecule has 0 saturated carbocycles. The standard InChI is InChI=1S/C9H11N3O5/c1-5-7(8(10)4-13)2-6(11(14)15)3-9(5)12(16)17/h2-3,8,13H,4,10H2,1H3/t8-/m0/s1. The van der Waals surface area contributed by atoms with Gasteiger partial charge in [0.1, 0.15) is 0 Å². The molecular formula is C9H11N3O5. The number of nitro benzene ring substituents is 2. The highest BCUT2D eigenvalue weighted by atomic mass is 16.6. The molecular weight excluding hydrogens is 230 g/mol. The fourth-order valence-electron chi connectivity index (χ4n) is 1.48. The molecule has 92 valence electrons. The summed E-state index contributed by atoms with van der Waals surface area (Å²) in [4.78, 5) is 19.9. The molecule has 17 heavy (non-hydrogen) atoms. The second-order valence-corrected chi connectivity index (χ2v) is 3.48. The molecule has 1 rings (SSSR count). The largest absolute Gasteiger partial charge is 0.394 e. The Bertz CT molecular complexity index is 474. The minimum Gasteiger partial charge on any atom is -0.394 e. The summed E-state index contributed by atoms with van der Waals surface area (Å²) in [5.74, 6) is 0. The van der Waals surface area contributed by atoms with Gasteiger partial charge in [-0.05, 0) is 12.5 Å². The van der Waals surface area contributed by atoms with Crippen molar-refractivity contribution in [2.45, 2.75) is 13.0 Å². The molecule has 0 radical (unpaired) electrons. The van der Waals surface area contributed by atoms with E-state index in [0.717, 1.165) is 12.1 Å². The van der Waals surface area contributed by atoms with Crippen LogP contribution in [0.4, 0.5) is 11.4 Å². The van der Waals surface area contributed by atoms with Crippen molar-refractivity contribution in [2.24, 2.45) is 5.73 Å². The second kappa shape index (κ2) is 4.85. The summed E-state index contributed by atoms with van der Waals surface area (Å²) < 4.78 is 0. The lowest BCUT2D eigenvalue weighted by atomic mass is 10.00. The molecule has 0 fully saturated rings. The fourth-order valence-corrected chi connectivity index (χ4v) is 1.48. The van der Waals surface area contributed by atoms with Gasteiger partial charge >= 0.3 is 0 Å². The van der Waals surface area contributed by atoms with Crippen molar-refractivity contribution >= 4 is 11.4 Å². The van der Waals surface area contributed by atoms with Gasteiger partial charge in [-0.15, -0.1) is 0 Å². The van der Waals surface area contributed by atoms with Gasteiger partial charge in [0.05, 0.1) is 28.6 Å². The van der Waals surface area contributed by atoms with Gasteiger partial charge in [0, 0.05) is 11.6 Å². The third-order valence-electron chi connectivity index (χ3n) is 2.41. The molecule has 1 atom stereocenters. The van der Waals surface area contributed by atoms with Crippen molar-refractivity contribution in [1.29, 1.82) is 0 Å². The Labute approximate surface area is 96.0 Å². The molecule has 1 aromatic carbocycles. The number of non-ortho nitro benzene ring substituents is 1. The maximum absolute atomic E-state index is 10.7. The Morgan fingerprint density at radius 2 is 1.94 bits per heavy atom. The third kappa shape index (κ3) is 2.55. The van der Waals surface area contributed by atoms with Gasteiger partial charge in [0.25, 0.3) is 11.4 Å². The van der Waals surface area contributed by atoms with Gasteiger partial charge in [-0.2, -0.15) is 0 Å². The fraction of sp³-hybridized carbons (Fsp3) is 0.333. The van der Waals surface area contributed by atoms with Crippen molar-refractivity contribution in [1.82, 2.24) is 0 Å². The average molecular weight is 241 g/mol. The lowest BCUT2D eigenvalue weighted by Gasteiger charge is -2.11. The van der Waals surface area contributed by atoms with Crippen LogP contribution in [0.25, 0.3) is 0 Å². The highest BCUT2D eigenvalue weighted by Crippen LogP contribution is 2.30. The lowest BCUT2D eigenvalue weighted by Crippen LogP contribution is -2.16. The molecule has 0 aliphatic heterocycles. The van der Waals surface area contributed by atoms with E-state index < -0.39 is 28.2 Å². The number of hydrogen-bond donors (Lipinski definition) is 2. The molecule has 0 heterocycles. The first-order valence-electron chi connectivity index (χ1n) is 4.68. The summed E-state index contributed by atoms with van der Waals surface area (Å²) in [6.07, 6.45) is 0. The van der Waals surface area contributed by atoms with E-state index in [4.69, 9.17) is 10.8 Å². The number of aliphatic hydroxyl groups is 1. The summed E-state index contributed by atoms with van der Waals surface area (Å²) in [7, 11) is 0. The zero-order valence-corrected chi connectivity index (χ0v) is 8.99. The second-order valence-electron chi connectivity index (χ2n) is 3.48. The van der Waals surface area contributed by atoms with Crippen LogP contribution in [0.1, 0.15) is 17.2 Å². The van der Waals surface area contributed by atoms with Gasteiger partial charge in [0.15, 0.2) is 0 Å². The summed E-state index contributed by atoms with van der Waals surface area (Å²) >= 11 is 0. The first-order chi connectivity index (χ1) is 7.88. The van der Waals surface area contributed by atoms with Crippen LogP contribution < -0.4 is 5.73 Å². The molecule has 0 unspecified atom stereocenters. The van der Waals surface area contributed by atoms with Crippen LogP contribution in [0, 0.1) is 27.2 Å². The SMILES string of the molecule is Cc1c([C@@H](N)CO)cc([N+](=O)[O-])cc1[N+](=O)[O-]. The molecule has 0 amide bonds. The summed E-state index contributed by atoms with van der Waals surface area (Å²) in [5, 5.41) is 30.3. The normalized spacial score (nSPS) is 12.2. The van der Waals surface area contributed by atoms with Gasteiger partial charge in [-0.1, -0.05) is 0 Å². The number of benzene rings is 1. The van der Waals surface area contributed by atoms with Crippen LogP contribution in [0.2, 0.25) is 0 Å². The summed E-state index contributed by atoms with van der Waals surface area (Å²) in [6, 6.07) is 1.14. The van der Waals surface area contributed by atoms with Crippen LogP contribution in [0.15, 0.2) is 12.1 Å². The molecule has 0 spiro atoms. The molecule has 0 bridgehead atoms. The zero-order chi connectivity index (χ0) is 13.2. The third-order valence-corrected chi connectivity index (χ3v) is 2.41. The predicted molar refractivity (Wildman–Crippen MR) is 58.5 cm³/mol. The molecule has 1 aromatic rings. The molecule has 0 aliphatic rings. The number of nitro groups is 2. The van der Waals surface area contributed by atoms with Crippen LogP contribution in [-0.4, -0.2) is 21.6 Å².